The van der Waals surface area contributed by atoms with Gasteiger partial charge in [-0.2, -0.15) is 0 Å². The van der Waals surface area contributed by atoms with Crippen LogP contribution >= 0.6 is 0 Å². The third kappa shape index (κ3) is 9.69. The number of benzene rings is 2. The highest BCUT2D eigenvalue weighted by molar-refractivity contribution is 6.07. The number of esters is 2. The van der Waals surface area contributed by atoms with Gasteiger partial charge in [0.15, 0.2) is 35.9 Å². The maximum absolute atomic E-state index is 13.9. The lowest BCUT2D eigenvalue weighted by Gasteiger charge is -2.47. The topological polar surface area (TPSA) is 326 Å². The highest BCUT2D eigenvalue weighted by Gasteiger charge is 2.55. The Labute approximate surface area is 437 Å². The van der Waals surface area contributed by atoms with Gasteiger partial charge in [-0.05, 0) is 116 Å². The van der Waals surface area contributed by atoms with Crippen molar-refractivity contribution in [2.45, 2.75) is 123 Å². The zero-order chi connectivity index (χ0) is 55.7. The van der Waals surface area contributed by atoms with E-state index in [-0.39, 0.29) is 78.3 Å². The summed E-state index contributed by atoms with van der Waals surface area (Å²) in [6.07, 6.45) is -9.08. The minimum atomic E-state index is -1.58. The van der Waals surface area contributed by atoms with Crippen molar-refractivity contribution in [3.63, 3.8) is 0 Å². The quantitative estimate of drug-likeness (QED) is 0.0486. The summed E-state index contributed by atoms with van der Waals surface area (Å²) in [7, 11) is 2.78. The molecule has 4 unspecified atom stereocenters. The fourth-order valence-electron chi connectivity index (χ4n) is 9.99. The summed E-state index contributed by atoms with van der Waals surface area (Å²) in [5.74, 6) is -3.42. The fourth-order valence-corrected chi connectivity index (χ4v) is 9.99. The predicted molar refractivity (Wildman–Crippen MR) is 272 cm³/mol. The molecule has 7 aromatic rings. The number of nitrogens with one attached hydrogen (secondary N) is 4. The lowest BCUT2D eigenvalue weighted by molar-refractivity contribution is -0.305. The van der Waals surface area contributed by atoms with Gasteiger partial charge in [0.1, 0.15) is 63.3 Å². The molecule has 2 aromatic carbocycles. The molecule has 1 amide bonds. The number of amides is 1. The lowest BCUT2D eigenvalue weighted by atomic mass is 9.89. The van der Waals surface area contributed by atoms with Gasteiger partial charge in [0.2, 0.25) is 12.6 Å². The Morgan fingerprint density at radius 3 is 1.52 bits per heavy atom. The Kier molecular flexibility index (Phi) is 14.1. The van der Waals surface area contributed by atoms with Gasteiger partial charge >= 0.3 is 23.2 Å². The maximum Gasteiger partial charge on any atom is 0.364 e. The second-order valence-corrected chi connectivity index (χ2v) is 20.1. The number of fused-ring (bicyclic) bond motifs is 2. The van der Waals surface area contributed by atoms with E-state index < -0.39 is 107 Å². The summed E-state index contributed by atoms with van der Waals surface area (Å²) in [6, 6.07) is 12.2. The van der Waals surface area contributed by atoms with Crippen LogP contribution in [0.25, 0.3) is 33.1 Å². The van der Waals surface area contributed by atoms with Gasteiger partial charge in [-0.25, -0.2) is 19.2 Å². The van der Waals surface area contributed by atoms with E-state index in [1.54, 1.807) is 72.7 Å². The Bertz CT molecular complexity index is 3580. The number of aliphatic hydroxyl groups is 2. The summed E-state index contributed by atoms with van der Waals surface area (Å²) in [4.78, 5) is 76.0. The number of anilines is 1. The number of hydrogen-bond acceptors (Lipinski definition) is 19. The molecule has 77 heavy (non-hydrogen) atoms. The standard InChI is InChI=1S/C54H58N4O19/c1-21-12-16-29(56-21)47(64)74-42-38(61)51(76-53(6,7)44(42)68-10)70-31-18-14-26-36(59)33(49(66)72-40(26)24(31)4)28-20-55-34(23(28)3)46(63)58-35-37(60)27-15-19-32(25(5)41(27)73-50(35)67)71-52-39(62)43(45(69-11)54(8,9)77-52)75-48(65)30-17-13-22(2)57-30/h12-20,38-39,42-45,51-52,55-57,59-62H,1-11H3,(H,58,63)/t38?,39?,42?,43?,44-,45+,51-,52+/m0/s1. The first-order chi connectivity index (χ1) is 36.3. The third-order valence-electron chi connectivity index (χ3n) is 14.0. The molecule has 8 N–H and O–H groups in total. The molecule has 0 bridgehead atoms. The number of aromatic hydroxyl groups is 2. The Balaban J connectivity index is 0.930. The molecule has 9 rings (SSSR count). The SMILES string of the molecule is CO[C@@H]1C(OC(=O)c2ccc(C)[nH]2)C(O)[C@H](Oc2ccc3c(O)c(NC(=O)c4[nH]cc(-c5c(O)c6ccc(O[C@H]7OC(C)(C)[C@@H](OC)C(OC(=O)c8ccc(C)[nH]8)C7O)c(C)c6oc5=O)c4C)c(=O)oc3c2C)OC1(C)C. The summed E-state index contributed by atoms with van der Waals surface area (Å²) in [6.45, 7) is 14.8. The summed E-state index contributed by atoms with van der Waals surface area (Å²) in [5.41, 5.74) is -3.35. The molecule has 23 heteroatoms. The second kappa shape index (κ2) is 20.2. The summed E-state index contributed by atoms with van der Waals surface area (Å²) < 4.78 is 58.7. The highest BCUT2D eigenvalue weighted by Crippen LogP contribution is 2.42. The molecule has 0 aliphatic carbocycles. The van der Waals surface area contributed by atoms with Crippen molar-refractivity contribution in [2.24, 2.45) is 0 Å². The third-order valence-corrected chi connectivity index (χ3v) is 14.0. The van der Waals surface area contributed by atoms with E-state index in [4.69, 9.17) is 46.7 Å². The number of H-pyrrole nitrogens is 3. The number of hydrogen-bond donors (Lipinski definition) is 8. The molecular weight excluding hydrogens is 1010 g/mol. The molecule has 7 heterocycles. The average Bonchev–Trinajstić information content (AvgIpc) is 4.15. The largest absolute Gasteiger partial charge is 0.506 e. The summed E-state index contributed by atoms with van der Waals surface area (Å²) in [5, 5.41) is 48.6. The maximum atomic E-state index is 13.9. The van der Waals surface area contributed by atoms with Gasteiger partial charge in [-0.1, -0.05) is 0 Å². The van der Waals surface area contributed by atoms with Crippen LogP contribution in [0.1, 0.15) is 87.2 Å². The van der Waals surface area contributed by atoms with Crippen molar-refractivity contribution in [3.05, 3.63) is 121 Å². The Morgan fingerprint density at radius 1 is 0.623 bits per heavy atom. The van der Waals surface area contributed by atoms with Crippen molar-refractivity contribution < 1.29 is 81.5 Å². The van der Waals surface area contributed by atoms with E-state index in [1.165, 1.54) is 58.5 Å². The summed E-state index contributed by atoms with van der Waals surface area (Å²) >= 11 is 0. The van der Waals surface area contributed by atoms with Gasteiger partial charge < -0.3 is 87.4 Å². The van der Waals surface area contributed by atoms with Crippen LogP contribution in [-0.4, -0.2) is 128 Å². The van der Waals surface area contributed by atoms with Crippen molar-refractivity contribution in [2.75, 3.05) is 19.5 Å². The van der Waals surface area contributed by atoms with E-state index in [9.17, 15) is 44.4 Å². The molecule has 8 atom stereocenters. The van der Waals surface area contributed by atoms with Crippen LogP contribution in [0.4, 0.5) is 5.69 Å². The zero-order valence-electron chi connectivity index (χ0n) is 43.7. The van der Waals surface area contributed by atoms with Crippen LogP contribution in [0.5, 0.6) is 23.0 Å². The highest BCUT2D eigenvalue weighted by atomic mass is 16.7. The van der Waals surface area contributed by atoms with Gasteiger partial charge in [0.25, 0.3) is 5.91 Å². The number of aryl methyl sites for hydroxylation is 4. The smallest absolute Gasteiger partial charge is 0.364 e. The molecule has 2 aliphatic rings. The van der Waals surface area contributed by atoms with Gasteiger partial charge in [-0.15, -0.1) is 0 Å². The van der Waals surface area contributed by atoms with Crippen molar-refractivity contribution in [1.82, 2.24) is 15.0 Å². The van der Waals surface area contributed by atoms with Crippen molar-refractivity contribution >= 4 is 45.5 Å². The van der Waals surface area contributed by atoms with Crippen LogP contribution in [0.3, 0.4) is 0 Å². The number of aliphatic hydroxyl groups excluding tert-OH is 2. The minimum absolute atomic E-state index is 0.00625. The number of methoxy groups -OCH3 is 2. The number of aromatic amines is 3. The van der Waals surface area contributed by atoms with E-state index in [0.717, 1.165) is 11.4 Å². The second-order valence-electron chi connectivity index (χ2n) is 20.1. The van der Waals surface area contributed by atoms with Crippen LogP contribution < -0.4 is 26.0 Å². The van der Waals surface area contributed by atoms with Gasteiger partial charge in [-0.3, -0.25) is 4.79 Å². The molecule has 0 saturated carbocycles. The van der Waals surface area contributed by atoms with E-state index >= 15 is 0 Å². The molecule has 2 saturated heterocycles. The molecule has 2 fully saturated rings. The first-order valence-corrected chi connectivity index (χ1v) is 24.3. The molecule has 0 spiro atoms. The number of carbonyl (C=O) groups excluding carboxylic acids is 3. The number of carbonyl (C=O) groups is 3. The molecule has 23 nitrogen and oxygen atoms in total. The molecular formula is C54H58N4O19. The number of rotatable bonds is 13. The first kappa shape index (κ1) is 53.9. The van der Waals surface area contributed by atoms with Crippen LogP contribution in [-0.2, 0) is 28.4 Å². The average molecular weight is 1070 g/mol. The molecule has 5 aromatic heterocycles. The zero-order valence-corrected chi connectivity index (χ0v) is 43.7. The molecule has 0 radical (unpaired) electrons. The normalized spacial score (nSPS) is 22.9. The molecule has 2 aliphatic heterocycles. The van der Waals surface area contributed by atoms with E-state index in [2.05, 4.69) is 20.3 Å². The Morgan fingerprint density at radius 2 is 1.08 bits per heavy atom. The lowest BCUT2D eigenvalue weighted by Crippen LogP contribution is -2.65. The van der Waals surface area contributed by atoms with Gasteiger partial charge in [0, 0.05) is 48.5 Å². The first-order valence-electron chi connectivity index (χ1n) is 24.3. The van der Waals surface area contributed by atoms with Crippen molar-refractivity contribution in [3.8, 4) is 34.1 Å². The van der Waals surface area contributed by atoms with E-state index in [0.29, 0.717) is 0 Å². The van der Waals surface area contributed by atoms with E-state index in [1.807, 2.05) is 0 Å². The van der Waals surface area contributed by atoms with Gasteiger partial charge in [0.05, 0.1) is 22.0 Å². The van der Waals surface area contributed by atoms with Crippen LogP contribution in [0.2, 0.25) is 0 Å². The van der Waals surface area contributed by atoms with Crippen LogP contribution in [0, 0.1) is 34.6 Å². The van der Waals surface area contributed by atoms with Crippen molar-refractivity contribution in [1.29, 1.82) is 0 Å². The Hall–Kier alpha value is -7.93. The fraction of sp³-hybridized carbons (Fsp3) is 0.389. The monoisotopic (exact) mass is 1070 g/mol. The number of ether oxygens (including phenoxy) is 8. The minimum Gasteiger partial charge on any atom is -0.506 e. The van der Waals surface area contributed by atoms with Crippen LogP contribution in [0.15, 0.2) is 73.2 Å². The molecule has 408 valence electrons. The predicted octanol–water partition coefficient (Wildman–Crippen LogP) is 5.99. The number of aromatic nitrogens is 3.